The second kappa shape index (κ2) is 8.58. The van der Waals surface area contributed by atoms with Crippen LogP contribution in [-0.4, -0.2) is 19.7 Å². The minimum Gasteiger partial charge on any atom is -0.456 e. The van der Waals surface area contributed by atoms with Crippen LogP contribution in [0.5, 0.6) is 5.75 Å². The van der Waals surface area contributed by atoms with Crippen LogP contribution < -0.4 is 4.74 Å². The van der Waals surface area contributed by atoms with Crippen LogP contribution >= 0.6 is 0 Å². The van der Waals surface area contributed by atoms with E-state index < -0.39 is 28.5 Å². The summed E-state index contributed by atoms with van der Waals surface area (Å²) >= 11 is 0. The molecule has 164 valence electrons. The van der Waals surface area contributed by atoms with Gasteiger partial charge in [-0.25, -0.2) is 8.42 Å². The van der Waals surface area contributed by atoms with Gasteiger partial charge in [-0.15, -0.1) is 0 Å². The van der Waals surface area contributed by atoms with Crippen LogP contribution in [0.4, 0.5) is 13.2 Å². The van der Waals surface area contributed by atoms with Crippen molar-refractivity contribution >= 4 is 28.3 Å². The average Bonchev–Trinajstić information content (AvgIpc) is 2.77. The lowest BCUT2D eigenvalue weighted by Gasteiger charge is -2.28. The third kappa shape index (κ3) is 4.29. The molecule has 0 aliphatic carbocycles. The molecule has 0 spiro atoms. The number of carbonyl (C=O) groups excluding carboxylic acids is 1. The number of pyridine rings is 1. The van der Waals surface area contributed by atoms with Crippen molar-refractivity contribution in [1.29, 1.82) is 0 Å². The molecule has 0 radical (unpaired) electrons. The van der Waals surface area contributed by atoms with Gasteiger partial charge in [0.05, 0.1) is 11.7 Å². The van der Waals surface area contributed by atoms with E-state index in [0.29, 0.717) is 45.6 Å². The van der Waals surface area contributed by atoms with Crippen LogP contribution in [0.3, 0.4) is 0 Å². The van der Waals surface area contributed by atoms with Crippen molar-refractivity contribution in [2.45, 2.75) is 17.8 Å². The molecule has 0 saturated carbocycles. The predicted molar refractivity (Wildman–Crippen MR) is 112 cm³/mol. The molecule has 5 nitrogen and oxygen atoms in total. The third-order valence-corrected chi connectivity index (χ3v) is 5.67. The average molecular weight is 459 g/mol. The molecule has 0 fully saturated rings. The number of aromatic nitrogens is 1. The Bertz CT molecular complexity index is 1260. The Labute approximate surface area is 183 Å². The highest BCUT2D eigenvalue weighted by Gasteiger charge is 2.34. The van der Waals surface area contributed by atoms with Crippen LogP contribution in [0, 0.1) is 0 Å². The number of nitrogens with zero attached hydrogens (tertiary/aromatic N) is 1. The van der Waals surface area contributed by atoms with Crippen molar-refractivity contribution in [2.75, 3.05) is 0 Å². The van der Waals surface area contributed by atoms with Crippen molar-refractivity contribution in [3.63, 3.8) is 0 Å². The number of halogens is 3. The van der Waals surface area contributed by atoms with Gasteiger partial charge in [0, 0.05) is 28.5 Å². The van der Waals surface area contributed by atoms with E-state index in [0.717, 1.165) is 12.3 Å². The van der Waals surface area contributed by atoms with Crippen molar-refractivity contribution in [3.05, 3.63) is 94.8 Å². The highest BCUT2D eigenvalue weighted by atomic mass is 32.2. The lowest BCUT2D eigenvalue weighted by atomic mass is 9.83. The van der Waals surface area contributed by atoms with Crippen LogP contribution in [0.25, 0.3) is 11.3 Å². The molecule has 1 unspecified atom stereocenters. The summed E-state index contributed by atoms with van der Waals surface area (Å²) in [6, 6.07) is 15.6. The van der Waals surface area contributed by atoms with E-state index >= 15 is 0 Å². The molecule has 32 heavy (non-hydrogen) atoms. The molecule has 0 saturated heterocycles. The number of ether oxygens (including phenoxy) is 1. The number of rotatable bonds is 5. The maximum absolute atomic E-state index is 13.0. The second-order valence-electron chi connectivity index (χ2n) is 7.11. The number of hydrogen-bond acceptors (Lipinski definition) is 5. The standard InChI is InChI=1S/C23H16F3NO4S/c24-23(25,26)20-10-9-16(11-27-20)21-18(12-28)17-3-1-2-4-19(17)31-22(21)15-7-5-14(6-8-15)13-32(29)30/h1-12,18,32H,13H2. The number of carbonyl (C=O) groups is 1. The minimum absolute atomic E-state index is 0.120. The largest absolute Gasteiger partial charge is 0.456 e. The summed E-state index contributed by atoms with van der Waals surface area (Å²) in [6.07, 6.45) is -2.80. The molecule has 1 aliphatic heterocycles. The molecular formula is C23H16F3NO4S. The summed E-state index contributed by atoms with van der Waals surface area (Å²) in [5.41, 5.74) is 1.35. The molecule has 2 heterocycles. The summed E-state index contributed by atoms with van der Waals surface area (Å²) in [5.74, 6) is -0.162. The van der Waals surface area contributed by atoms with Gasteiger partial charge in [0.1, 0.15) is 34.2 Å². The number of fused-ring (bicyclic) bond motifs is 1. The summed E-state index contributed by atoms with van der Waals surface area (Å²) in [5, 5.41) is 0. The van der Waals surface area contributed by atoms with Crippen molar-refractivity contribution < 1.29 is 31.1 Å². The van der Waals surface area contributed by atoms with E-state index in [1.54, 1.807) is 48.5 Å². The fourth-order valence-corrected chi connectivity index (χ4v) is 4.10. The van der Waals surface area contributed by atoms with Gasteiger partial charge in [-0.2, -0.15) is 13.2 Å². The van der Waals surface area contributed by atoms with Gasteiger partial charge < -0.3 is 9.53 Å². The Morgan fingerprint density at radius 2 is 1.66 bits per heavy atom. The molecule has 0 bridgehead atoms. The van der Waals surface area contributed by atoms with Crippen molar-refractivity contribution in [3.8, 4) is 5.75 Å². The van der Waals surface area contributed by atoms with Crippen LogP contribution in [0.2, 0.25) is 0 Å². The fraction of sp³-hybridized carbons (Fsp3) is 0.130. The second-order valence-corrected chi connectivity index (χ2v) is 8.10. The Balaban J connectivity index is 1.88. The maximum atomic E-state index is 13.0. The van der Waals surface area contributed by atoms with Crippen LogP contribution in [-0.2, 0) is 27.4 Å². The molecule has 9 heteroatoms. The Morgan fingerprint density at radius 1 is 0.969 bits per heavy atom. The molecule has 3 aromatic rings. The SMILES string of the molecule is O=CC1C(c2ccc(C(F)(F)F)nc2)=C(c2ccc(C[SH](=O)=O)cc2)Oc2ccccc21. The van der Waals surface area contributed by atoms with Crippen LogP contribution in [0.1, 0.15) is 33.9 Å². The summed E-state index contributed by atoms with van der Waals surface area (Å²) < 4.78 is 67.0. The topological polar surface area (TPSA) is 73.3 Å². The first-order valence-electron chi connectivity index (χ1n) is 9.49. The normalized spacial score (nSPS) is 15.9. The molecule has 1 aliphatic rings. The van der Waals surface area contributed by atoms with Gasteiger partial charge in [0.15, 0.2) is 0 Å². The first-order chi connectivity index (χ1) is 15.3. The van der Waals surface area contributed by atoms with Gasteiger partial charge in [-0.1, -0.05) is 48.5 Å². The number of benzene rings is 2. The molecule has 0 N–H and O–H groups in total. The highest BCUT2D eigenvalue weighted by molar-refractivity contribution is 7.71. The molecular weight excluding hydrogens is 443 g/mol. The number of aldehydes is 1. The Morgan fingerprint density at radius 3 is 2.25 bits per heavy atom. The number of alkyl halides is 3. The van der Waals surface area contributed by atoms with Crippen LogP contribution in [0.15, 0.2) is 66.9 Å². The fourth-order valence-electron chi connectivity index (χ4n) is 3.59. The maximum Gasteiger partial charge on any atom is 0.433 e. The minimum atomic E-state index is -4.59. The van der Waals surface area contributed by atoms with Gasteiger partial charge in [0.25, 0.3) is 0 Å². The lowest BCUT2D eigenvalue weighted by Crippen LogP contribution is -2.16. The zero-order chi connectivity index (χ0) is 22.9. The molecule has 2 aromatic carbocycles. The van der Waals surface area contributed by atoms with Crippen molar-refractivity contribution in [1.82, 2.24) is 4.98 Å². The number of allylic oxidation sites excluding steroid dienone is 1. The van der Waals surface area contributed by atoms with Gasteiger partial charge in [-0.05, 0) is 17.7 Å². The summed E-state index contributed by atoms with van der Waals surface area (Å²) in [4.78, 5) is 15.7. The monoisotopic (exact) mass is 459 g/mol. The lowest BCUT2D eigenvalue weighted by molar-refractivity contribution is -0.141. The smallest absolute Gasteiger partial charge is 0.433 e. The van der Waals surface area contributed by atoms with E-state index in [4.69, 9.17) is 4.74 Å². The molecule has 1 atom stereocenters. The number of para-hydroxylation sites is 1. The van der Waals surface area contributed by atoms with E-state index in [1.807, 2.05) is 0 Å². The van der Waals surface area contributed by atoms with E-state index in [1.165, 1.54) is 6.07 Å². The van der Waals surface area contributed by atoms with Gasteiger partial charge >= 0.3 is 6.18 Å². The Hall–Kier alpha value is -3.46. The predicted octanol–water partition coefficient (Wildman–Crippen LogP) is 4.46. The summed E-state index contributed by atoms with van der Waals surface area (Å²) in [7, 11) is -2.59. The zero-order valence-electron chi connectivity index (χ0n) is 16.4. The first kappa shape index (κ1) is 21.8. The Kier molecular flexibility index (Phi) is 5.84. The zero-order valence-corrected chi connectivity index (χ0v) is 17.3. The molecule has 1 aromatic heterocycles. The van der Waals surface area contributed by atoms with Gasteiger partial charge in [0.2, 0.25) is 0 Å². The highest BCUT2D eigenvalue weighted by Crippen LogP contribution is 2.46. The van der Waals surface area contributed by atoms with Gasteiger partial charge in [-0.3, -0.25) is 4.98 Å². The first-order valence-corrected chi connectivity index (χ1v) is 10.8. The third-order valence-electron chi connectivity index (χ3n) is 5.05. The number of hydrogen-bond donors (Lipinski definition) is 1. The molecule has 4 rings (SSSR count). The van der Waals surface area contributed by atoms with E-state index in [9.17, 15) is 26.4 Å². The van der Waals surface area contributed by atoms with E-state index in [-0.39, 0.29) is 5.75 Å². The van der Waals surface area contributed by atoms with E-state index in [2.05, 4.69) is 4.98 Å². The number of thiol groups is 1. The quantitative estimate of drug-likeness (QED) is 0.451. The molecule has 0 amide bonds. The summed E-state index contributed by atoms with van der Waals surface area (Å²) in [6.45, 7) is 0. The van der Waals surface area contributed by atoms with Crippen molar-refractivity contribution in [2.24, 2.45) is 0 Å².